The number of likely N-dealkylation sites (tertiary alicyclic amines) is 1. The molecule has 0 unspecified atom stereocenters. The molecule has 2 rings (SSSR count). The molecule has 4 heteroatoms. The predicted molar refractivity (Wildman–Crippen MR) is 105 cm³/mol. The molecule has 23 heavy (non-hydrogen) atoms. The van der Waals surface area contributed by atoms with Crippen LogP contribution in [0.5, 0.6) is 0 Å². The second-order valence-corrected chi connectivity index (χ2v) is 5.37. The maximum absolute atomic E-state index is 5.40. The van der Waals surface area contributed by atoms with Crippen molar-refractivity contribution in [3.63, 3.8) is 0 Å². The van der Waals surface area contributed by atoms with E-state index in [0.717, 1.165) is 26.3 Å². The van der Waals surface area contributed by atoms with Gasteiger partial charge >= 0.3 is 0 Å². The standard InChI is InChI=1S/C8H17NO.C5H11NO.3C2H6/c1-8(10-3)4-6-9(2)7-5-8;1-6-2-4-7-5-3-6;3*1-2/h4-7H2,1-3H3;2-5H2,1H3;3*1-2H3. The van der Waals surface area contributed by atoms with Gasteiger partial charge in [0.1, 0.15) is 0 Å². The largest absolute Gasteiger partial charge is 0.379 e. The SMILES string of the molecule is CC.CC.CC.CN1CCOCC1.COC1(C)CCN(C)CC1. The average Bonchev–Trinajstić information content (AvgIpc) is 2.64. The Kier molecular flexibility index (Phi) is 23.9. The van der Waals surface area contributed by atoms with E-state index >= 15 is 0 Å². The Hall–Kier alpha value is -0.160. The summed E-state index contributed by atoms with van der Waals surface area (Å²) in [5.41, 5.74) is 0.159. The zero-order chi connectivity index (χ0) is 18.7. The van der Waals surface area contributed by atoms with Crippen molar-refractivity contribution in [3.8, 4) is 0 Å². The van der Waals surface area contributed by atoms with E-state index in [1.807, 2.05) is 48.7 Å². The average molecular weight is 335 g/mol. The molecule has 2 saturated heterocycles. The van der Waals surface area contributed by atoms with Crippen LogP contribution in [0.15, 0.2) is 0 Å². The number of hydrogen-bond acceptors (Lipinski definition) is 4. The van der Waals surface area contributed by atoms with Gasteiger partial charge in [-0.25, -0.2) is 0 Å². The molecule has 0 saturated carbocycles. The Morgan fingerprint density at radius 2 is 1.09 bits per heavy atom. The Bertz CT molecular complexity index is 200. The Labute approximate surface area is 147 Å². The number of likely N-dealkylation sites (N-methyl/N-ethyl adjacent to an activating group) is 1. The molecule has 0 bridgehead atoms. The van der Waals surface area contributed by atoms with Gasteiger partial charge in [0, 0.05) is 33.3 Å². The van der Waals surface area contributed by atoms with E-state index in [1.165, 1.54) is 25.9 Å². The molecular formula is C19H46N2O2. The molecule has 0 amide bonds. The summed E-state index contributed by atoms with van der Waals surface area (Å²) >= 11 is 0. The van der Waals surface area contributed by atoms with Crippen LogP contribution in [-0.2, 0) is 9.47 Å². The van der Waals surface area contributed by atoms with E-state index in [9.17, 15) is 0 Å². The summed E-state index contributed by atoms with van der Waals surface area (Å²) in [5.74, 6) is 0. The first-order valence-electron chi connectivity index (χ1n) is 9.56. The highest BCUT2D eigenvalue weighted by atomic mass is 16.5. The second kappa shape index (κ2) is 19.9. The lowest BCUT2D eigenvalue weighted by atomic mass is 9.94. The van der Waals surface area contributed by atoms with Crippen LogP contribution in [0.4, 0.5) is 0 Å². The lowest BCUT2D eigenvalue weighted by Crippen LogP contribution is -2.41. The summed E-state index contributed by atoms with van der Waals surface area (Å²) in [6.45, 7) is 20.6. The third kappa shape index (κ3) is 16.5. The molecule has 2 aliphatic rings. The van der Waals surface area contributed by atoms with Crippen molar-refractivity contribution in [2.45, 2.75) is 66.9 Å². The number of hydrogen-bond donors (Lipinski definition) is 0. The molecule has 144 valence electrons. The van der Waals surface area contributed by atoms with Gasteiger partial charge < -0.3 is 19.3 Å². The quantitative estimate of drug-likeness (QED) is 0.719. The van der Waals surface area contributed by atoms with Crippen LogP contribution in [0.2, 0.25) is 0 Å². The van der Waals surface area contributed by atoms with Gasteiger partial charge in [0.15, 0.2) is 0 Å². The molecule has 2 aliphatic heterocycles. The molecule has 0 atom stereocenters. The second-order valence-electron chi connectivity index (χ2n) is 5.37. The van der Waals surface area contributed by atoms with Gasteiger partial charge in [-0.1, -0.05) is 41.5 Å². The Morgan fingerprint density at radius 3 is 1.35 bits per heavy atom. The molecule has 0 N–H and O–H groups in total. The van der Waals surface area contributed by atoms with Crippen LogP contribution in [0, 0.1) is 0 Å². The normalized spacial score (nSPS) is 20.1. The van der Waals surface area contributed by atoms with Crippen molar-refractivity contribution < 1.29 is 9.47 Å². The van der Waals surface area contributed by atoms with E-state index in [2.05, 4.69) is 30.8 Å². The van der Waals surface area contributed by atoms with Crippen molar-refractivity contribution in [1.29, 1.82) is 0 Å². The fourth-order valence-corrected chi connectivity index (χ4v) is 1.95. The smallest absolute Gasteiger partial charge is 0.0675 e. The maximum Gasteiger partial charge on any atom is 0.0675 e. The summed E-state index contributed by atoms with van der Waals surface area (Å²) in [7, 11) is 6.09. The first-order valence-corrected chi connectivity index (χ1v) is 9.56. The molecule has 2 heterocycles. The summed E-state index contributed by atoms with van der Waals surface area (Å²) in [6.07, 6.45) is 2.33. The maximum atomic E-state index is 5.40. The van der Waals surface area contributed by atoms with Crippen molar-refractivity contribution in [2.75, 3.05) is 60.6 Å². The van der Waals surface area contributed by atoms with Crippen LogP contribution in [0.3, 0.4) is 0 Å². The minimum Gasteiger partial charge on any atom is -0.379 e. The third-order valence-electron chi connectivity index (χ3n) is 3.77. The third-order valence-corrected chi connectivity index (χ3v) is 3.77. The molecule has 0 spiro atoms. The van der Waals surface area contributed by atoms with Crippen molar-refractivity contribution in [1.82, 2.24) is 9.80 Å². The highest BCUT2D eigenvalue weighted by Crippen LogP contribution is 2.23. The van der Waals surface area contributed by atoms with Gasteiger partial charge in [-0.2, -0.15) is 0 Å². The number of morpholine rings is 1. The number of methoxy groups -OCH3 is 1. The van der Waals surface area contributed by atoms with Crippen LogP contribution in [0.25, 0.3) is 0 Å². The molecule has 4 nitrogen and oxygen atoms in total. The van der Waals surface area contributed by atoms with Gasteiger partial charge in [0.2, 0.25) is 0 Å². The van der Waals surface area contributed by atoms with Gasteiger partial charge in [0.25, 0.3) is 0 Å². The van der Waals surface area contributed by atoms with Gasteiger partial charge in [-0.15, -0.1) is 0 Å². The van der Waals surface area contributed by atoms with Crippen molar-refractivity contribution >= 4 is 0 Å². The highest BCUT2D eigenvalue weighted by Gasteiger charge is 2.27. The number of ether oxygens (including phenoxy) is 2. The van der Waals surface area contributed by atoms with E-state index in [-0.39, 0.29) is 5.60 Å². The lowest BCUT2D eigenvalue weighted by Gasteiger charge is -2.36. The first kappa shape index (κ1) is 27.7. The van der Waals surface area contributed by atoms with Crippen LogP contribution < -0.4 is 0 Å². The minimum absolute atomic E-state index is 0.159. The summed E-state index contributed by atoms with van der Waals surface area (Å²) < 4.78 is 10.5. The van der Waals surface area contributed by atoms with E-state index < -0.39 is 0 Å². The Morgan fingerprint density at radius 1 is 0.739 bits per heavy atom. The molecule has 2 fully saturated rings. The summed E-state index contributed by atoms with van der Waals surface area (Å²) in [4.78, 5) is 4.62. The summed E-state index contributed by atoms with van der Waals surface area (Å²) in [5, 5.41) is 0. The van der Waals surface area contributed by atoms with Crippen LogP contribution in [-0.4, -0.2) is 76.0 Å². The Balaban J connectivity index is -0.000000270. The number of rotatable bonds is 1. The monoisotopic (exact) mass is 334 g/mol. The summed E-state index contributed by atoms with van der Waals surface area (Å²) in [6, 6.07) is 0. The van der Waals surface area contributed by atoms with E-state index in [0.29, 0.717) is 0 Å². The van der Waals surface area contributed by atoms with Crippen LogP contribution >= 0.6 is 0 Å². The predicted octanol–water partition coefficient (Wildman–Crippen LogP) is 4.14. The molecule has 0 aromatic carbocycles. The zero-order valence-corrected chi connectivity index (χ0v) is 17.9. The minimum atomic E-state index is 0.159. The molecule has 0 radical (unpaired) electrons. The van der Waals surface area contributed by atoms with Gasteiger partial charge in [-0.3, -0.25) is 0 Å². The van der Waals surface area contributed by atoms with Crippen molar-refractivity contribution in [2.24, 2.45) is 0 Å². The fraction of sp³-hybridized carbons (Fsp3) is 1.00. The number of nitrogens with zero attached hydrogens (tertiary/aromatic N) is 2. The van der Waals surface area contributed by atoms with Crippen LogP contribution in [0.1, 0.15) is 61.3 Å². The topological polar surface area (TPSA) is 24.9 Å². The first-order chi connectivity index (χ1) is 11.1. The van der Waals surface area contributed by atoms with E-state index in [4.69, 9.17) is 9.47 Å². The highest BCUT2D eigenvalue weighted by molar-refractivity contribution is 4.81. The van der Waals surface area contributed by atoms with Crippen molar-refractivity contribution in [3.05, 3.63) is 0 Å². The van der Waals surface area contributed by atoms with E-state index in [1.54, 1.807) is 0 Å². The molecule has 0 aliphatic carbocycles. The molecule has 0 aromatic heterocycles. The fourth-order valence-electron chi connectivity index (χ4n) is 1.95. The number of piperidine rings is 1. The zero-order valence-electron chi connectivity index (χ0n) is 17.9. The lowest BCUT2D eigenvalue weighted by molar-refractivity contribution is -0.0382. The molecule has 0 aromatic rings. The van der Waals surface area contributed by atoms with Gasteiger partial charge in [0.05, 0.1) is 18.8 Å². The molecular weight excluding hydrogens is 288 g/mol. The van der Waals surface area contributed by atoms with Gasteiger partial charge in [-0.05, 0) is 33.9 Å².